The van der Waals surface area contributed by atoms with Crippen LogP contribution in [-0.4, -0.2) is 17.6 Å². The van der Waals surface area contributed by atoms with Crippen LogP contribution in [0.15, 0.2) is 65.3 Å². The molecule has 2 amide bonds. The summed E-state index contributed by atoms with van der Waals surface area (Å²) in [6, 6.07) is 13.2. The number of rotatable bonds is 4. The van der Waals surface area contributed by atoms with Gasteiger partial charge in [0.1, 0.15) is 17.0 Å². The van der Waals surface area contributed by atoms with E-state index >= 15 is 0 Å². The van der Waals surface area contributed by atoms with E-state index in [0.717, 1.165) is 17.7 Å². The summed E-state index contributed by atoms with van der Waals surface area (Å²) in [6.07, 6.45) is 1.41. The maximum Gasteiger partial charge on any atom is 0.291 e. The van der Waals surface area contributed by atoms with Crippen LogP contribution in [0.4, 0.5) is 20.2 Å². The van der Waals surface area contributed by atoms with Crippen molar-refractivity contribution in [1.82, 2.24) is 0 Å². The first kappa shape index (κ1) is 18.2. The van der Waals surface area contributed by atoms with Crippen molar-refractivity contribution in [2.24, 2.45) is 0 Å². The van der Waals surface area contributed by atoms with Gasteiger partial charge in [-0.2, -0.15) is 0 Å². The van der Waals surface area contributed by atoms with Gasteiger partial charge >= 0.3 is 0 Å². The molecule has 1 aliphatic rings. The summed E-state index contributed by atoms with van der Waals surface area (Å²) in [4.78, 5) is 25.7. The second kappa shape index (κ2) is 7.47. The molecule has 0 radical (unpaired) electrons. The van der Waals surface area contributed by atoms with Crippen molar-refractivity contribution < 1.29 is 22.8 Å². The van der Waals surface area contributed by atoms with E-state index in [0.29, 0.717) is 5.69 Å². The highest BCUT2D eigenvalue weighted by atomic mass is 32.2. The highest BCUT2D eigenvalue weighted by Crippen LogP contribution is 2.42. The van der Waals surface area contributed by atoms with Gasteiger partial charge in [-0.05, 0) is 42.0 Å². The molecular weight excluding hydrogens is 386 g/mol. The minimum Gasteiger partial charge on any atom is -0.459 e. The summed E-state index contributed by atoms with van der Waals surface area (Å²) in [5.41, 5.74) is 1.35. The lowest BCUT2D eigenvalue weighted by atomic mass is 10.1. The highest BCUT2D eigenvalue weighted by Gasteiger charge is 2.35. The molecule has 1 aromatic heterocycles. The van der Waals surface area contributed by atoms with Gasteiger partial charge in [0, 0.05) is 11.8 Å². The van der Waals surface area contributed by atoms with Crippen molar-refractivity contribution in [3.05, 3.63) is 83.8 Å². The summed E-state index contributed by atoms with van der Waals surface area (Å²) < 4.78 is 32.5. The molecule has 0 bridgehead atoms. The van der Waals surface area contributed by atoms with Crippen LogP contribution in [0.1, 0.15) is 21.5 Å². The van der Waals surface area contributed by atoms with E-state index in [-0.39, 0.29) is 29.0 Å². The third kappa shape index (κ3) is 3.50. The Balaban J connectivity index is 1.56. The number of furan rings is 1. The van der Waals surface area contributed by atoms with Crippen LogP contribution in [-0.2, 0) is 4.79 Å². The summed E-state index contributed by atoms with van der Waals surface area (Å²) in [5.74, 6) is -1.73. The molecule has 0 aliphatic carbocycles. The number of benzene rings is 2. The zero-order valence-electron chi connectivity index (χ0n) is 14.4. The second-order valence-corrected chi connectivity index (χ2v) is 7.14. The maximum absolute atomic E-state index is 14.2. The van der Waals surface area contributed by atoms with Crippen molar-refractivity contribution in [2.45, 2.75) is 5.37 Å². The predicted molar refractivity (Wildman–Crippen MR) is 102 cm³/mol. The van der Waals surface area contributed by atoms with Gasteiger partial charge in [0.2, 0.25) is 5.91 Å². The largest absolute Gasteiger partial charge is 0.459 e. The molecule has 1 saturated heterocycles. The molecule has 5 nitrogen and oxygen atoms in total. The first-order valence-corrected chi connectivity index (χ1v) is 9.41. The van der Waals surface area contributed by atoms with Gasteiger partial charge in [0.15, 0.2) is 5.76 Å². The number of halogens is 2. The molecule has 4 rings (SSSR count). The van der Waals surface area contributed by atoms with E-state index in [1.54, 1.807) is 36.4 Å². The fourth-order valence-corrected chi connectivity index (χ4v) is 4.11. The van der Waals surface area contributed by atoms with Crippen molar-refractivity contribution in [2.75, 3.05) is 16.0 Å². The van der Waals surface area contributed by atoms with Gasteiger partial charge in [-0.25, -0.2) is 8.78 Å². The van der Waals surface area contributed by atoms with E-state index in [9.17, 15) is 18.4 Å². The van der Waals surface area contributed by atoms with Crippen molar-refractivity contribution in [3.8, 4) is 0 Å². The molecule has 0 spiro atoms. The number of nitrogens with one attached hydrogen (secondary N) is 1. The average Bonchev–Trinajstić information content (AvgIpc) is 3.33. The zero-order chi connectivity index (χ0) is 19.7. The molecule has 1 aliphatic heterocycles. The Bertz CT molecular complexity index is 1020. The summed E-state index contributed by atoms with van der Waals surface area (Å²) in [7, 11) is 0. The van der Waals surface area contributed by atoms with Gasteiger partial charge in [-0.1, -0.05) is 12.1 Å². The normalized spacial score (nSPS) is 16.4. The Labute approximate surface area is 163 Å². The SMILES string of the molecule is O=C(Nc1ccc(C2SCC(=O)N2c2ccc(F)cc2F)cc1)c1ccco1. The Kier molecular flexibility index (Phi) is 4.87. The van der Waals surface area contributed by atoms with Crippen LogP contribution in [0, 0.1) is 11.6 Å². The quantitative estimate of drug-likeness (QED) is 0.696. The predicted octanol–water partition coefficient (Wildman–Crippen LogP) is 4.59. The molecule has 1 atom stereocenters. The van der Waals surface area contributed by atoms with Crippen LogP contribution in [0.3, 0.4) is 0 Å². The van der Waals surface area contributed by atoms with Crippen LogP contribution >= 0.6 is 11.8 Å². The number of hydrogen-bond acceptors (Lipinski definition) is 4. The third-order valence-electron chi connectivity index (χ3n) is 4.24. The molecule has 142 valence electrons. The minimum absolute atomic E-state index is 0.0385. The van der Waals surface area contributed by atoms with Crippen LogP contribution in [0.2, 0.25) is 0 Å². The molecule has 0 saturated carbocycles. The first-order valence-electron chi connectivity index (χ1n) is 8.36. The van der Waals surface area contributed by atoms with Gasteiger partial charge in [-0.3, -0.25) is 14.5 Å². The van der Waals surface area contributed by atoms with E-state index in [1.165, 1.54) is 29.0 Å². The van der Waals surface area contributed by atoms with Crippen molar-refractivity contribution >= 4 is 35.0 Å². The summed E-state index contributed by atoms with van der Waals surface area (Å²) >= 11 is 1.35. The zero-order valence-corrected chi connectivity index (χ0v) is 15.2. The van der Waals surface area contributed by atoms with E-state index in [1.807, 2.05) is 0 Å². The van der Waals surface area contributed by atoms with E-state index in [4.69, 9.17) is 4.42 Å². The standard InChI is InChI=1S/C20H14F2N2O3S/c21-13-5-8-16(15(22)10-13)24-18(25)11-28-20(24)12-3-6-14(7-4-12)23-19(26)17-2-1-9-27-17/h1-10,20H,11H2,(H,23,26). The first-order chi connectivity index (χ1) is 13.5. The van der Waals surface area contributed by atoms with E-state index in [2.05, 4.69) is 5.32 Å². The molecule has 1 fully saturated rings. The Hall–Kier alpha value is -3.13. The molecule has 2 aromatic carbocycles. The summed E-state index contributed by atoms with van der Waals surface area (Å²) in [5, 5.41) is 2.27. The molecular formula is C20H14F2N2O3S. The molecule has 1 unspecified atom stereocenters. The number of hydrogen-bond donors (Lipinski definition) is 1. The van der Waals surface area contributed by atoms with E-state index < -0.39 is 17.0 Å². The fraction of sp³-hybridized carbons (Fsp3) is 0.100. The van der Waals surface area contributed by atoms with Gasteiger partial charge in [0.05, 0.1) is 17.7 Å². The Morgan fingerprint density at radius 1 is 1.14 bits per heavy atom. The van der Waals surface area contributed by atoms with Gasteiger partial charge in [-0.15, -0.1) is 11.8 Å². The lowest BCUT2D eigenvalue weighted by molar-refractivity contribution is -0.115. The van der Waals surface area contributed by atoms with Crippen molar-refractivity contribution in [1.29, 1.82) is 0 Å². The molecule has 2 heterocycles. The Morgan fingerprint density at radius 3 is 2.61 bits per heavy atom. The number of amides is 2. The number of carbonyl (C=O) groups is 2. The fourth-order valence-electron chi connectivity index (χ4n) is 2.94. The van der Waals surface area contributed by atoms with Crippen LogP contribution < -0.4 is 10.2 Å². The average molecular weight is 400 g/mol. The molecule has 3 aromatic rings. The highest BCUT2D eigenvalue weighted by molar-refractivity contribution is 8.00. The minimum atomic E-state index is -0.789. The van der Waals surface area contributed by atoms with Crippen LogP contribution in [0.25, 0.3) is 0 Å². The lowest BCUT2D eigenvalue weighted by Gasteiger charge is -2.25. The topological polar surface area (TPSA) is 62.6 Å². The molecule has 1 N–H and O–H groups in total. The Morgan fingerprint density at radius 2 is 1.93 bits per heavy atom. The van der Waals surface area contributed by atoms with Gasteiger partial charge < -0.3 is 9.73 Å². The second-order valence-electron chi connectivity index (χ2n) is 6.08. The summed E-state index contributed by atoms with van der Waals surface area (Å²) in [6.45, 7) is 0. The third-order valence-corrected chi connectivity index (χ3v) is 5.45. The maximum atomic E-state index is 14.2. The number of nitrogens with zero attached hydrogens (tertiary/aromatic N) is 1. The molecule has 8 heteroatoms. The molecule has 28 heavy (non-hydrogen) atoms. The monoisotopic (exact) mass is 400 g/mol. The van der Waals surface area contributed by atoms with Crippen LogP contribution in [0.5, 0.6) is 0 Å². The number of thioether (sulfide) groups is 1. The van der Waals surface area contributed by atoms with Gasteiger partial charge in [0.25, 0.3) is 5.91 Å². The smallest absolute Gasteiger partial charge is 0.291 e. The lowest BCUT2D eigenvalue weighted by Crippen LogP contribution is -2.28. The number of anilines is 2. The van der Waals surface area contributed by atoms with Crippen molar-refractivity contribution in [3.63, 3.8) is 0 Å². The number of carbonyl (C=O) groups excluding carboxylic acids is 2.